The van der Waals surface area contributed by atoms with Crippen LogP contribution in [0.15, 0.2) is 48.5 Å². The number of aliphatic carboxylic acids is 1. The lowest BCUT2D eigenvalue weighted by molar-refractivity contribution is -0.140. The highest BCUT2D eigenvalue weighted by molar-refractivity contribution is 6.09. The Morgan fingerprint density at radius 1 is 0.977 bits per heavy atom. The van der Waals surface area contributed by atoms with Crippen molar-refractivity contribution in [3.05, 3.63) is 65.2 Å². The number of carbonyl (C=O) groups is 5. The Hall–Kier alpha value is -4.61. The number of benzene rings is 2. The first kappa shape index (κ1) is 32.9. The highest BCUT2D eigenvalue weighted by Crippen LogP contribution is 2.27. The fraction of sp³-hybridized carbons (Fsp3) is 0.452. The van der Waals surface area contributed by atoms with Crippen molar-refractivity contribution >= 4 is 35.7 Å². The molecule has 1 aliphatic heterocycles. The fourth-order valence-electron chi connectivity index (χ4n) is 4.44. The molecule has 0 radical (unpaired) electrons. The van der Waals surface area contributed by atoms with Gasteiger partial charge in [0.1, 0.15) is 24.8 Å². The van der Waals surface area contributed by atoms with Crippen LogP contribution < -0.4 is 15.5 Å². The standard InChI is InChI=1S/C31H40N4O8/c1-31(2,3)43-29(40)32-16-10-6-9-11-21-14-15-25-23(17-21)27(37)35(19-26(36)34(25)4)18-24(28(38)39)33-30(41)42-20-22-12-7-5-8-13-22/h5,7-8,12-15,17,24H,6,9-11,16,18-20H2,1-4H3,(H,32,40)(H,33,41)(H,38,39). The Kier molecular flexibility index (Phi) is 11.5. The zero-order chi connectivity index (χ0) is 31.6. The first-order valence-electron chi connectivity index (χ1n) is 14.2. The molecule has 3 rings (SSSR count). The molecule has 0 saturated heterocycles. The SMILES string of the molecule is CN1C(=O)CN(CC(NC(=O)OCc2ccccc2)C(=O)O)C(=O)c2cc(CCCCCNC(=O)OC(C)(C)C)ccc21. The quantitative estimate of drug-likeness (QED) is 0.313. The van der Waals surface area contributed by atoms with Gasteiger partial charge in [0.15, 0.2) is 0 Å². The molecule has 2 aromatic rings. The topological polar surface area (TPSA) is 155 Å². The minimum Gasteiger partial charge on any atom is -0.480 e. The number of amides is 4. The summed E-state index contributed by atoms with van der Waals surface area (Å²) in [6.07, 6.45) is 1.65. The number of nitrogens with zero attached hydrogens (tertiary/aromatic N) is 2. The number of carboxylic acid groups (broad SMARTS) is 1. The zero-order valence-corrected chi connectivity index (χ0v) is 25.1. The molecule has 2 aromatic carbocycles. The van der Waals surface area contributed by atoms with Gasteiger partial charge in [0, 0.05) is 13.6 Å². The number of fused-ring (bicyclic) bond motifs is 1. The van der Waals surface area contributed by atoms with E-state index in [1.54, 1.807) is 64.2 Å². The minimum atomic E-state index is -1.50. The Labute approximate surface area is 251 Å². The van der Waals surface area contributed by atoms with Gasteiger partial charge in [-0.05, 0) is 63.3 Å². The molecule has 43 heavy (non-hydrogen) atoms. The third-order valence-corrected chi connectivity index (χ3v) is 6.66. The Balaban J connectivity index is 1.60. The summed E-state index contributed by atoms with van der Waals surface area (Å²) in [7, 11) is 1.56. The van der Waals surface area contributed by atoms with Crippen molar-refractivity contribution in [1.29, 1.82) is 0 Å². The van der Waals surface area contributed by atoms with Gasteiger partial charge in [-0.1, -0.05) is 42.8 Å². The first-order valence-corrected chi connectivity index (χ1v) is 14.2. The van der Waals surface area contributed by atoms with Crippen molar-refractivity contribution in [3.63, 3.8) is 0 Å². The van der Waals surface area contributed by atoms with E-state index in [0.717, 1.165) is 35.3 Å². The maximum absolute atomic E-state index is 13.6. The van der Waals surface area contributed by atoms with E-state index in [1.807, 2.05) is 12.1 Å². The van der Waals surface area contributed by atoms with Crippen LogP contribution in [-0.2, 0) is 32.1 Å². The van der Waals surface area contributed by atoms with Gasteiger partial charge >= 0.3 is 18.2 Å². The van der Waals surface area contributed by atoms with Crippen molar-refractivity contribution < 1.29 is 38.6 Å². The molecule has 3 N–H and O–H groups in total. The van der Waals surface area contributed by atoms with E-state index >= 15 is 0 Å². The highest BCUT2D eigenvalue weighted by Gasteiger charge is 2.33. The number of alkyl carbamates (subject to hydrolysis) is 2. The lowest BCUT2D eigenvalue weighted by Crippen LogP contribution is -2.51. The molecule has 1 unspecified atom stereocenters. The maximum Gasteiger partial charge on any atom is 0.408 e. The molecular formula is C31H40N4O8. The number of rotatable bonds is 12. The van der Waals surface area contributed by atoms with E-state index in [9.17, 15) is 29.1 Å². The Morgan fingerprint density at radius 3 is 2.37 bits per heavy atom. The molecule has 1 atom stereocenters. The summed E-state index contributed by atoms with van der Waals surface area (Å²) >= 11 is 0. The van der Waals surface area contributed by atoms with E-state index in [-0.39, 0.29) is 18.7 Å². The van der Waals surface area contributed by atoms with E-state index < -0.39 is 48.2 Å². The molecular weight excluding hydrogens is 556 g/mol. The normalized spacial score (nSPS) is 14.0. The number of hydrogen-bond donors (Lipinski definition) is 3. The maximum atomic E-state index is 13.6. The van der Waals surface area contributed by atoms with Crippen LogP contribution in [0.25, 0.3) is 0 Å². The van der Waals surface area contributed by atoms with Gasteiger partial charge in [0.05, 0.1) is 17.8 Å². The summed E-state index contributed by atoms with van der Waals surface area (Å²) in [6, 6.07) is 12.7. The summed E-state index contributed by atoms with van der Waals surface area (Å²) in [5.74, 6) is -2.28. The number of unbranched alkanes of at least 4 members (excludes halogenated alkanes) is 2. The second-order valence-electron chi connectivity index (χ2n) is 11.3. The molecule has 232 valence electrons. The lowest BCUT2D eigenvalue weighted by Gasteiger charge is -2.24. The van der Waals surface area contributed by atoms with E-state index in [0.29, 0.717) is 18.7 Å². The molecule has 4 amide bonds. The van der Waals surface area contributed by atoms with E-state index in [2.05, 4.69) is 10.6 Å². The molecule has 12 heteroatoms. The van der Waals surface area contributed by atoms with Gasteiger partial charge in [0.2, 0.25) is 5.91 Å². The molecule has 0 aromatic heterocycles. The van der Waals surface area contributed by atoms with Crippen LogP contribution in [0.4, 0.5) is 15.3 Å². The van der Waals surface area contributed by atoms with Crippen LogP contribution in [0.3, 0.4) is 0 Å². The molecule has 1 aliphatic rings. The van der Waals surface area contributed by atoms with Crippen LogP contribution >= 0.6 is 0 Å². The number of ether oxygens (including phenoxy) is 2. The summed E-state index contributed by atoms with van der Waals surface area (Å²) in [5.41, 5.74) is 1.75. The summed E-state index contributed by atoms with van der Waals surface area (Å²) in [6.45, 7) is 5.05. The number of carbonyl (C=O) groups excluding carboxylic acids is 4. The number of nitrogens with one attached hydrogen (secondary N) is 2. The number of carboxylic acids is 1. The van der Waals surface area contributed by atoms with Crippen molar-refractivity contribution in [2.75, 3.05) is 31.6 Å². The number of aryl methyl sites for hydroxylation is 1. The van der Waals surface area contributed by atoms with Gasteiger partial charge in [-0.2, -0.15) is 0 Å². The van der Waals surface area contributed by atoms with Crippen LogP contribution in [0.5, 0.6) is 0 Å². The Bertz CT molecular complexity index is 1310. The number of likely N-dealkylation sites (N-methyl/N-ethyl adjacent to an activating group) is 1. The molecule has 0 spiro atoms. The van der Waals surface area contributed by atoms with Gasteiger partial charge in [0.25, 0.3) is 5.91 Å². The minimum absolute atomic E-state index is 0.0542. The van der Waals surface area contributed by atoms with Crippen LogP contribution in [0, 0.1) is 0 Å². The monoisotopic (exact) mass is 596 g/mol. The van der Waals surface area contributed by atoms with Crippen molar-refractivity contribution in [2.24, 2.45) is 0 Å². The Morgan fingerprint density at radius 2 is 1.70 bits per heavy atom. The van der Waals surface area contributed by atoms with Crippen molar-refractivity contribution in [3.8, 4) is 0 Å². The largest absolute Gasteiger partial charge is 0.480 e. The van der Waals surface area contributed by atoms with Gasteiger partial charge in [-0.25, -0.2) is 14.4 Å². The average Bonchev–Trinajstić information content (AvgIpc) is 3.03. The van der Waals surface area contributed by atoms with Crippen molar-refractivity contribution in [2.45, 2.75) is 64.7 Å². The lowest BCUT2D eigenvalue weighted by atomic mass is 10.0. The third-order valence-electron chi connectivity index (χ3n) is 6.66. The second kappa shape index (κ2) is 15.0. The average molecular weight is 597 g/mol. The zero-order valence-electron chi connectivity index (χ0n) is 25.1. The van der Waals surface area contributed by atoms with Crippen LogP contribution in [0.1, 0.15) is 61.5 Å². The highest BCUT2D eigenvalue weighted by atomic mass is 16.6. The molecule has 0 aliphatic carbocycles. The molecule has 0 saturated carbocycles. The molecule has 1 heterocycles. The summed E-state index contributed by atoms with van der Waals surface area (Å²) in [4.78, 5) is 65.0. The summed E-state index contributed by atoms with van der Waals surface area (Å²) in [5, 5.41) is 14.8. The number of anilines is 1. The fourth-order valence-corrected chi connectivity index (χ4v) is 4.44. The third kappa shape index (κ3) is 10.3. The van der Waals surface area contributed by atoms with Gasteiger partial charge in [-0.15, -0.1) is 0 Å². The van der Waals surface area contributed by atoms with E-state index in [4.69, 9.17) is 9.47 Å². The number of hydrogen-bond acceptors (Lipinski definition) is 7. The molecule has 12 nitrogen and oxygen atoms in total. The predicted molar refractivity (Wildman–Crippen MR) is 159 cm³/mol. The van der Waals surface area contributed by atoms with Crippen LogP contribution in [0.2, 0.25) is 0 Å². The summed E-state index contributed by atoms with van der Waals surface area (Å²) < 4.78 is 10.4. The van der Waals surface area contributed by atoms with Gasteiger partial charge < -0.3 is 35.0 Å². The van der Waals surface area contributed by atoms with Crippen LogP contribution in [-0.4, -0.2) is 78.3 Å². The smallest absolute Gasteiger partial charge is 0.408 e. The predicted octanol–water partition coefficient (Wildman–Crippen LogP) is 3.72. The van der Waals surface area contributed by atoms with Gasteiger partial charge in [-0.3, -0.25) is 9.59 Å². The van der Waals surface area contributed by atoms with Crippen molar-refractivity contribution in [1.82, 2.24) is 15.5 Å². The second-order valence-corrected chi connectivity index (χ2v) is 11.3. The van der Waals surface area contributed by atoms with E-state index in [1.165, 1.54) is 4.90 Å². The first-order chi connectivity index (χ1) is 20.3. The molecule has 0 bridgehead atoms. The molecule has 0 fully saturated rings.